The van der Waals surface area contributed by atoms with Crippen LogP contribution in [0.2, 0.25) is 0 Å². The number of aromatic nitrogens is 3. The van der Waals surface area contributed by atoms with Gasteiger partial charge in [0.15, 0.2) is 0 Å². The van der Waals surface area contributed by atoms with E-state index in [0.717, 1.165) is 32.9 Å². The van der Waals surface area contributed by atoms with Crippen molar-refractivity contribution in [2.24, 2.45) is 7.05 Å². The summed E-state index contributed by atoms with van der Waals surface area (Å²) < 4.78 is 1.61. The number of likely N-dealkylation sites (tertiary alicyclic amines) is 1. The lowest BCUT2D eigenvalue weighted by Gasteiger charge is -2.32. The summed E-state index contributed by atoms with van der Waals surface area (Å²) in [6, 6.07) is 24.2. The van der Waals surface area contributed by atoms with Gasteiger partial charge in [-0.25, -0.2) is 4.98 Å². The largest absolute Gasteiger partial charge is 0.349 e. The number of piperidine rings is 1. The van der Waals surface area contributed by atoms with Crippen molar-refractivity contribution in [3.05, 3.63) is 96.3 Å². The monoisotopic (exact) mass is 489 g/mol. The zero-order valence-corrected chi connectivity index (χ0v) is 20.6. The Morgan fingerprint density at radius 3 is 2.43 bits per heavy atom. The lowest BCUT2D eigenvalue weighted by molar-refractivity contribution is 0.0700. The Kier molecular flexibility index (Phi) is 5.88. The minimum atomic E-state index is -0.127. The molecule has 0 spiro atoms. The summed E-state index contributed by atoms with van der Waals surface area (Å²) in [7, 11) is 1.79. The Morgan fingerprint density at radius 2 is 1.65 bits per heavy atom. The molecule has 5 aromatic rings. The third-order valence-electron chi connectivity index (χ3n) is 7.10. The second kappa shape index (κ2) is 9.50. The molecule has 2 amide bonds. The van der Waals surface area contributed by atoms with Crippen molar-refractivity contribution in [3.8, 4) is 11.3 Å². The number of pyridine rings is 1. The predicted molar refractivity (Wildman–Crippen MR) is 144 cm³/mol. The lowest BCUT2D eigenvalue weighted by Crippen LogP contribution is -2.46. The molecule has 1 aliphatic rings. The maximum Gasteiger partial charge on any atom is 0.254 e. The Labute approximate surface area is 214 Å². The zero-order valence-electron chi connectivity index (χ0n) is 20.6. The summed E-state index contributed by atoms with van der Waals surface area (Å²) in [4.78, 5) is 33.2. The Bertz CT molecular complexity index is 1630. The molecular formula is C30H27N5O2. The molecule has 3 heterocycles. The van der Waals surface area contributed by atoms with Crippen LogP contribution in [0.4, 0.5) is 0 Å². The number of para-hydroxylation sites is 1. The summed E-state index contributed by atoms with van der Waals surface area (Å²) in [5.74, 6) is -0.130. The number of aryl methyl sites for hydroxylation is 1. The number of hydrogen-bond acceptors (Lipinski definition) is 4. The fourth-order valence-corrected chi connectivity index (χ4v) is 5.14. The Morgan fingerprint density at radius 1 is 0.919 bits per heavy atom. The summed E-state index contributed by atoms with van der Waals surface area (Å²) in [6.07, 6.45) is 4.68. The fourth-order valence-electron chi connectivity index (χ4n) is 5.14. The van der Waals surface area contributed by atoms with Crippen LogP contribution in [0.25, 0.3) is 32.9 Å². The highest BCUT2D eigenvalue weighted by Gasteiger charge is 2.27. The van der Waals surface area contributed by atoms with E-state index in [2.05, 4.69) is 34.7 Å². The molecule has 7 heteroatoms. The van der Waals surface area contributed by atoms with Crippen molar-refractivity contribution < 1.29 is 9.59 Å². The fraction of sp³-hybridized carbons (Fsp3) is 0.200. The summed E-state index contributed by atoms with van der Waals surface area (Å²) in [6.45, 7) is 1.16. The van der Waals surface area contributed by atoms with E-state index >= 15 is 0 Å². The molecule has 0 radical (unpaired) electrons. The molecule has 6 rings (SSSR count). The molecule has 1 N–H and O–H groups in total. The maximum absolute atomic E-state index is 13.8. The first kappa shape index (κ1) is 22.9. The number of benzene rings is 3. The molecule has 3 aromatic carbocycles. The number of amides is 2. The van der Waals surface area contributed by atoms with E-state index in [0.29, 0.717) is 37.1 Å². The van der Waals surface area contributed by atoms with Gasteiger partial charge in [-0.05, 0) is 35.7 Å². The minimum Gasteiger partial charge on any atom is -0.349 e. The molecule has 2 aromatic heterocycles. The number of fused-ring (bicyclic) bond motifs is 2. The molecule has 184 valence electrons. The topological polar surface area (TPSA) is 80.1 Å². The van der Waals surface area contributed by atoms with Crippen LogP contribution in [0.15, 0.2) is 85.2 Å². The minimum absolute atomic E-state index is 0.00266. The van der Waals surface area contributed by atoms with Gasteiger partial charge in [0.2, 0.25) is 0 Å². The standard InChI is InChI=1S/C30H27N5O2/c1-34-19-21(18-31-34)29(36)32-22-13-15-35(16-14-22)30(37)26-17-28(33-27-12-5-4-10-25(26)27)24-11-6-8-20-7-2-3-9-23(20)24/h2-12,17-19,22H,13-16H2,1H3,(H,32,36). The number of nitrogens with one attached hydrogen (secondary N) is 1. The van der Waals surface area contributed by atoms with E-state index in [1.54, 1.807) is 24.1 Å². The highest BCUT2D eigenvalue weighted by atomic mass is 16.2. The van der Waals surface area contributed by atoms with Crippen molar-refractivity contribution in [2.45, 2.75) is 18.9 Å². The second-order valence-corrected chi connectivity index (χ2v) is 9.54. The van der Waals surface area contributed by atoms with Crippen LogP contribution in [0.3, 0.4) is 0 Å². The van der Waals surface area contributed by atoms with Crippen LogP contribution >= 0.6 is 0 Å². The van der Waals surface area contributed by atoms with Crippen molar-refractivity contribution >= 4 is 33.5 Å². The van der Waals surface area contributed by atoms with Crippen molar-refractivity contribution in [1.29, 1.82) is 0 Å². The van der Waals surface area contributed by atoms with Crippen LogP contribution < -0.4 is 5.32 Å². The molecule has 0 aliphatic carbocycles. The van der Waals surface area contributed by atoms with Crippen LogP contribution in [-0.2, 0) is 7.05 Å². The maximum atomic E-state index is 13.8. The van der Waals surface area contributed by atoms with Gasteiger partial charge in [-0.1, -0.05) is 60.7 Å². The van der Waals surface area contributed by atoms with E-state index in [4.69, 9.17) is 4.98 Å². The molecule has 7 nitrogen and oxygen atoms in total. The van der Waals surface area contributed by atoms with Gasteiger partial charge in [-0.15, -0.1) is 0 Å². The Balaban J connectivity index is 1.27. The van der Waals surface area contributed by atoms with Crippen LogP contribution in [-0.4, -0.2) is 50.6 Å². The summed E-state index contributed by atoms with van der Waals surface area (Å²) in [5.41, 5.74) is 3.80. The summed E-state index contributed by atoms with van der Waals surface area (Å²) >= 11 is 0. The van der Waals surface area contributed by atoms with Crippen molar-refractivity contribution in [3.63, 3.8) is 0 Å². The van der Waals surface area contributed by atoms with Crippen LogP contribution in [0.1, 0.15) is 33.6 Å². The van der Waals surface area contributed by atoms with Crippen LogP contribution in [0, 0.1) is 0 Å². The van der Waals surface area contributed by atoms with Gasteiger partial charge >= 0.3 is 0 Å². The normalized spacial score (nSPS) is 14.2. The first-order chi connectivity index (χ1) is 18.1. The average Bonchev–Trinajstić information content (AvgIpc) is 3.38. The number of hydrogen-bond donors (Lipinski definition) is 1. The molecule has 0 atom stereocenters. The van der Waals surface area contributed by atoms with Crippen LogP contribution in [0.5, 0.6) is 0 Å². The SMILES string of the molecule is Cn1cc(C(=O)NC2CCN(C(=O)c3cc(-c4cccc5ccccc45)nc4ccccc34)CC2)cn1. The number of rotatable bonds is 4. The first-order valence-electron chi connectivity index (χ1n) is 12.5. The highest BCUT2D eigenvalue weighted by molar-refractivity contribution is 6.08. The van der Waals surface area contributed by atoms with E-state index in [1.165, 1.54) is 0 Å². The quantitative estimate of drug-likeness (QED) is 0.392. The molecule has 1 fully saturated rings. The molecule has 0 unspecified atom stereocenters. The lowest BCUT2D eigenvalue weighted by atomic mass is 9.98. The highest BCUT2D eigenvalue weighted by Crippen LogP contribution is 2.31. The third-order valence-corrected chi connectivity index (χ3v) is 7.10. The van der Waals surface area contributed by atoms with Crippen molar-refractivity contribution in [2.75, 3.05) is 13.1 Å². The Hall–Kier alpha value is -4.52. The molecule has 1 aliphatic heterocycles. The molecular weight excluding hydrogens is 462 g/mol. The number of nitrogens with zero attached hydrogens (tertiary/aromatic N) is 4. The van der Waals surface area contributed by atoms with E-state index in [9.17, 15) is 9.59 Å². The van der Waals surface area contributed by atoms with Gasteiger partial charge < -0.3 is 10.2 Å². The third kappa shape index (κ3) is 4.44. The first-order valence-corrected chi connectivity index (χ1v) is 12.5. The van der Waals surface area contributed by atoms with Gasteiger partial charge in [0.25, 0.3) is 11.8 Å². The van der Waals surface area contributed by atoms with Gasteiger partial charge in [-0.2, -0.15) is 5.10 Å². The molecule has 37 heavy (non-hydrogen) atoms. The van der Waals surface area contributed by atoms with Crippen molar-refractivity contribution in [1.82, 2.24) is 25.0 Å². The molecule has 0 saturated carbocycles. The second-order valence-electron chi connectivity index (χ2n) is 9.54. The summed E-state index contributed by atoms with van der Waals surface area (Å²) in [5, 5.41) is 10.2. The van der Waals surface area contributed by atoms with Gasteiger partial charge in [0.1, 0.15) is 0 Å². The van der Waals surface area contributed by atoms with Gasteiger partial charge in [0, 0.05) is 43.3 Å². The number of carbonyl (C=O) groups is 2. The van der Waals surface area contributed by atoms with Gasteiger partial charge in [0.05, 0.1) is 28.5 Å². The van der Waals surface area contributed by atoms with E-state index < -0.39 is 0 Å². The predicted octanol–water partition coefficient (Wildman–Crippen LogP) is 4.82. The number of carbonyl (C=O) groups excluding carboxylic acids is 2. The van der Waals surface area contributed by atoms with E-state index in [1.807, 2.05) is 53.4 Å². The smallest absolute Gasteiger partial charge is 0.254 e. The van der Waals surface area contributed by atoms with E-state index in [-0.39, 0.29) is 17.9 Å². The molecule has 1 saturated heterocycles. The molecule has 0 bridgehead atoms. The average molecular weight is 490 g/mol. The zero-order chi connectivity index (χ0) is 25.4. The van der Waals surface area contributed by atoms with Gasteiger partial charge in [-0.3, -0.25) is 14.3 Å².